The second-order valence-electron chi connectivity index (χ2n) is 4.55. The molecule has 2 nitrogen and oxygen atoms in total. The van der Waals surface area contributed by atoms with Gasteiger partial charge in [0.25, 0.3) is 0 Å². The van der Waals surface area contributed by atoms with Crippen LogP contribution < -0.4 is 0 Å². The predicted molar refractivity (Wildman–Crippen MR) is 87.6 cm³/mol. The Balaban J connectivity index is 2.15. The zero-order chi connectivity index (χ0) is 14.1. The molecule has 0 aliphatic rings. The second-order valence-corrected chi connectivity index (χ2v) is 6.38. The zero-order valence-electron chi connectivity index (χ0n) is 10.4. The van der Waals surface area contributed by atoms with E-state index in [4.69, 9.17) is 0 Å². The molecule has 2 aromatic carbocycles. The van der Waals surface area contributed by atoms with Crippen molar-refractivity contribution in [3.05, 3.63) is 74.9 Å². The van der Waals surface area contributed by atoms with Crippen molar-refractivity contribution >= 4 is 42.6 Å². The Morgan fingerprint density at radius 1 is 1.00 bits per heavy atom. The fourth-order valence-electron chi connectivity index (χ4n) is 2.29. The summed E-state index contributed by atoms with van der Waals surface area (Å²) in [4.78, 5) is 4.16. The second kappa shape index (κ2) is 5.64. The molecule has 0 bridgehead atoms. The highest BCUT2D eigenvalue weighted by Gasteiger charge is 2.14. The standard InChI is InChI=1S/C16H11Br2NO/c17-12-6-11(7-13(18)8-12)16(20)14-3-1-2-10-4-5-19-9-15(10)14/h1-9,16,20H. The van der Waals surface area contributed by atoms with E-state index >= 15 is 0 Å². The number of pyridine rings is 1. The normalized spacial score (nSPS) is 12.6. The molecule has 0 aliphatic heterocycles. The minimum absolute atomic E-state index is 0.684. The molecule has 0 aliphatic carbocycles. The maximum Gasteiger partial charge on any atom is 0.105 e. The third kappa shape index (κ3) is 2.64. The number of halogens is 2. The van der Waals surface area contributed by atoms with Gasteiger partial charge in [0.15, 0.2) is 0 Å². The number of hydrogen-bond acceptors (Lipinski definition) is 2. The molecular formula is C16H11Br2NO. The van der Waals surface area contributed by atoms with E-state index in [1.807, 2.05) is 42.5 Å². The van der Waals surface area contributed by atoms with Crippen LogP contribution in [0.25, 0.3) is 10.8 Å². The minimum Gasteiger partial charge on any atom is -0.384 e. The molecule has 1 atom stereocenters. The number of aliphatic hydroxyl groups excluding tert-OH is 1. The van der Waals surface area contributed by atoms with Crippen molar-refractivity contribution in [3.63, 3.8) is 0 Å². The lowest BCUT2D eigenvalue weighted by molar-refractivity contribution is 0.221. The summed E-state index contributed by atoms with van der Waals surface area (Å²) in [6.07, 6.45) is 2.87. The maximum atomic E-state index is 10.7. The van der Waals surface area contributed by atoms with Crippen LogP contribution >= 0.6 is 31.9 Å². The van der Waals surface area contributed by atoms with Gasteiger partial charge in [-0.25, -0.2) is 0 Å². The molecule has 20 heavy (non-hydrogen) atoms. The summed E-state index contributed by atoms with van der Waals surface area (Å²) in [7, 11) is 0. The molecule has 0 amide bonds. The van der Waals surface area contributed by atoms with Crippen molar-refractivity contribution in [1.29, 1.82) is 0 Å². The number of rotatable bonds is 2. The number of fused-ring (bicyclic) bond motifs is 1. The number of nitrogens with zero attached hydrogens (tertiary/aromatic N) is 1. The van der Waals surface area contributed by atoms with Crippen molar-refractivity contribution in [3.8, 4) is 0 Å². The van der Waals surface area contributed by atoms with E-state index in [1.165, 1.54) is 0 Å². The number of aliphatic hydroxyl groups is 1. The van der Waals surface area contributed by atoms with E-state index in [9.17, 15) is 5.11 Å². The van der Waals surface area contributed by atoms with E-state index in [-0.39, 0.29) is 0 Å². The van der Waals surface area contributed by atoms with Crippen molar-refractivity contribution in [2.75, 3.05) is 0 Å². The highest BCUT2D eigenvalue weighted by atomic mass is 79.9. The summed E-state index contributed by atoms with van der Waals surface area (Å²) >= 11 is 6.90. The van der Waals surface area contributed by atoms with E-state index in [0.29, 0.717) is 0 Å². The van der Waals surface area contributed by atoms with Crippen molar-refractivity contribution in [1.82, 2.24) is 4.98 Å². The van der Waals surface area contributed by atoms with Crippen LogP contribution in [0.5, 0.6) is 0 Å². The Kier molecular flexibility index (Phi) is 3.87. The van der Waals surface area contributed by atoms with Crippen LogP contribution in [0, 0.1) is 0 Å². The molecule has 0 fully saturated rings. The summed E-state index contributed by atoms with van der Waals surface area (Å²) in [5, 5.41) is 12.7. The number of hydrogen-bond donors (Lipinski definition) is 1. The first kappa shape index (κ1) is 13.7. The maximum absolute atomic E-state index is 10.7. The molecule has 0 spiro atoms. The number of aromatic nitrogens is 1. The van der Waals surface area contributed by atoms with E-state index in [0.717, 1.165) is 30.8 Å². The van der Waals surface area contributed by atoms with Gasteiger partial charge in [-0.1, -0.05) is 50.1 Å². The summed E-state index contributed by atoms with van der Waals surface area (Å²) in [6.45, 7) is 0. The van der Waals surface area contributed by atoms with Crippen LogP contribution in [-0.4, -0.2) is 10.1 Å². The van der Waals surface area contributed by atoms with Crippen molar-refractivity contribution in [2.45, 2.75) is 6.10 Å². The van der Waals surface area contributed by atoms with Gasteiger partial charge < -0.3 is 5.11 Å². The highest BCUT2D eigenvalue weighted by Crippen LogP contribution is 2.31. The third-order valence-electron chi connectivity index (χ3n) is 3.21. The average Bonchev–Trinajstić information content (AvgIpc) is 2.45. The van der Waals surface area contributed by atoms with E-state index in [1.54, 1.807) is 12.4 Å². The summed E-state index contributed by atoms with van der Waals surface area (Å²) in [6, 6.07) is 13.6. The van der Waals surface area contributed by atoms with Gasteiger partial charge in [-0.15, -0.1) is 0 Å². The molecule has 4 heteroatoms. The highest BCUT2D eigenvalue weighted by molar-refractivity contribution is 9.11. The Bertz CT molecular complexity index is 748. The van der Waals surface area contributed by atoms with Gasteiger partial charge >= 0.3 is 0 Å². The van der Waals surface area contributed by atoms with Gasteiger partial charge in [-0.3, -0.25) is 4.98 Å². The Morgan fingerprint density at radius 3 is 2.50 bits per heavy atom. The van der Waals surface area contributed by atoms with Gasteiger partial charge in [0.05, 0.1) is 0 Å². The van der Waals surface area contributed by atoms with E-state index in [2.05, 4.69) is 36.8 Å². The molecule has 1 unspecified atom stereocenters. The van der Waals surface area contributed by atoms with Gasteiger partial charge in [-0.2, -0.15) is 0 Å². The molecule has 100 valence electrons. The molecule has 0 saturated heterocycles. The predicted octanol–water partition coefficient (Wildman–Crippen LogP) is 4.84. The largest absolute Gasteiger partial charge is 0.384 e. The third-order valence-corrected chi connectivity index (χ3v) is 4.13. The fraction of sp³-hybridized carbons (Fsp3) is 0.0625. The smallest absolute Gasteiger partial charge is 0.105 e. The molecule has 3 aromatic rings. The van der Waals surface area contributed by atoms with Crippen LogP contribution in [-0.2, 0) is 0 Å². The zero-order valence-corrected chi connectivity index (χ0v) is 13.6. The molecule has 1 heterocycles. The summed E-state index contributed by atoms with van der Waals surface area (Å²) in [5.74, 6) is 0. The molecular weight excluding hydrogens is 382 g/mol. The van der Waals surface area contributed by atoms with E-state index < -0.39 is 6.10 Å². The van der Waals surface area contributed by atoms with Gasteiger partial charge in [-0.05, 0) is 40.8 Å². The first-order chi connectivity index (χ1) is 9.65. The molecule has 0 radical (unpaired) electrons. The Morgan fingerprint density at radius 2 is 1.75 bits per heavy atom. The monoisotopic (exact) mass is 391 g/mol. The molecule has 0 saturated carbocycles. The van der Waals surface area contributed by atoms with Crippen LogP contribution in [0.1, 0.15) is 17.2 Å². The summed E-state index contributed by atoms with van der Waals surface area (Å²) < 4.78 is 1.86. The SMILES string of the molecule is OC(c1cc(Br)cc(Br)c1)c1cccc2ccncc12. The van der Waals surface area contributed by atoms with Crippen LogP contribution in [0.4, 0.5) is 0 Å². The average molecular weight is 393 g/mol. The van der Waals surface area contributed by atoms with Crippen LogP contribution in [0.2, 0.25) is 0 Å². The summed E-state index contributed by atoms with van der Waals surface area (Å²) in [5.41, 5.74) is 1.70. The lowest BCUT2D eigenvalue weighted by Crippen LogP contribution is -2.01. The first-order valence-corrected chi connectivity index (χ1v) is 7.70. The molecule has 3 rings (SSSR count). The lowest BCUT2D eigenvalue weighted by Gasteiger charge is -2.15. The minimum atomic E-state index is -0.684. The van der Waals surface area contributed by atoms with Crippen molar-refractivity contribution < 1.29 is 5.11 Å². The van der Waals surface area contributed by atoms with Crippen LogP contribution in [0.3, 0.4) is 0 Å². The molecule has 1 aromatic heterocycles. The molecule has 1 N–H and O–H groups in total. The first-order valence-electron chi connectivity index (χ1n) is 6.12. The van der Waals surface area contributed by atoms with Gasteiger partial charge in [0.1, 0.15) is 6.10 Å². The Hall–Kier alpha value is -1.23. The van der Waals surface area contributed by atoms with Crippen LogP contribution in [0.15, 0.2) is 63.8 Å². The van der Waals surface area contributed by atoms with Gasteiger partial charge in [0, 0.05) is 26.7 Å². The Labute approximate surface area is 133 Å². The van der Waals surface area contributed by atoms with Crippen molar-refractivity contribution in [2.24, 2.45) is 0 Å². The topological polar surface area (TPSA) is 33.1 Å². The quantitative estimate of drug-likeness (QED) is 0.676. The number of benzene rings is 2. The van der Waals surface area contributed by atoms with Gasteiger partial charge in [0.2, 0.25) is 0 Å². The fourth-order valence-corrected chi connectivity index (χ4v) is 3.62. The lowest BCUT2D eigenvalue weighted by atomic mass is 9.97.